The Morgan fingerprint density at radius 3 is 2.10 bits per heavy atom. The van der Waals surface area contributed by atoms with Crippen molar-refractivity contribution in [3.8, 4) is 0 Å². The summed E-state index contributed by atoms with van der Waals surface area (Å²) >= 11 is 0. The number of amides is 2. The number of methoxy groups -OCH3 is 1. The van der Waals surface area contributed by atoms with Crippen LogP contribution in [-0.4, -0.2) is 63.7 Å². The molecular formula is C22H44N4O4. The third-order valence-electron chi connectivity index (χ3n) is 4.57. The number of ether oxygens (including phenoxy) is 1. The number of carbonyl (C=O) groups excluding carboxylic acids is 3. The van der Waals surface area contributed by atoms with E-state index in [1.165, 1.54) is 7.11 Å². The first kappa shape index (κ1) is 28.3. The highest BCUT2D eigenvalue weighted by Crippen LogP contribution is 2.04. The van der Waals surface area contributed by atoms with E-state index in [9.17, 15) is 14.4 Å². The lowest BCUT2D eigenvalue weighted by Crippen LogP contribution is -2.43. The van der Waals surface area contributed by atoms with Crippen molar-refractivity contribution >= 4 is 17.8 Å². The van der Waals surface area contributed by atoms with Gasteiger partial charge in [0.15, 0.2) is 0 Å². The fraction of sp³-hybridized carbons (Fsp3) is 0.864. The van der Waals surface area contributed by atoms with Crippen molar-refractivity contribution in [3.05, 3.63) is 0 Å². The molecule has 8 nitrogen and oxygen atoms in total. The zero-order chi connectivity index (χ0) is 22.9. The van der Waals surface area contributed by atoms with Gasteiger partial charge in [0.2, 0.25) is 11.8 Å². The Bertz CT molecular complexity index is 498. The van der Waals surface area contributed by atoms with Gasteiger partial charge in [-0.2, -0.15) is 0 Å². The summed E-state index contributed by atoms with van der Waals surface area (Å²) in [5, 5.41) is 12.2. The van der Waals surface area contributed by atoms with Gasteiger partial charge in [0.1, 0.15) is 6.04 Å². The summed E-state index contributed by atoms with van der Waals surface area (Å²) in [6.07, 6.45) is 2.27. The maximum absolute atomic E-state index is 12.1. The predicted molar refractivity (Wildman–Crippen MR) is 120 cm³/mol. The number of rotatable bonds is 17. The first-order chi connectivity index (χ1) is 14.1. The van der Waals surface area contributed by atoms with Crippen LogP contribution in [0.3, 0.4) is 0 Å². The van der Waals surface area contributed by atoms with Gasteiger partial charge in [-0.05, 0) is 43.7 Å². The molecule has 0 spiro atoms. The molecule has 0 aromatic rings. The monoisotopic (exact) mass is 428 g/mol. The fourth-order valence-corrected chi connectivity index (χ4v) is 2.77. The van der Waals surface area contributed by atoms with Crippen LogP contribution in [0.1, 0.15) is 60.3 Å². The maximum Gasteiger partial charge on any atom is 0.323 e. The van der Waals surface area contributed by atoms with E-state index in [2.05, 4.69) is 42.0 Å². The van der Waals surface area contributed by atoms with Crippen LogP contribution in [0.5, 0.6) is 0 Å². The first-order valence-corrected chi connectivity index (χ1v) is 11.2. The molecular weight excluding hydrogens is 384 g/mol. The maximum atomic E-state index is 12.1. The average Bonchev–Trinajstić information content (AvgIpc) is 2.69. The summed E-state index contributed by atoms with van der Waals surface area (Å²) in [5.74, 6) is 0.764. The predicted octanol–water partition coefficient (Wildman–Crippen LogP) is 1.45. The van der Waals surface area contributed by atoms with Crippen LogP contribution in [0, 0.1) is 17.8 Å². The third kappa shape index (κ3) is 16.2. The lowest BCUT2D eigenvalue weighted by atomic mass is 10.1. The van der Waals surface area contributed by atoms with Crippen molar-refractivity contribution < 1.29 is 19.1 Å². The van der Waals surface area contributed by atoms with Crippen molar-refractivity contribution in [2.75, 3.05) is 39.8 Å². The van der Waals surface area contributed by atoms with Gasteiger partial charge in [0.25, 0.3) is 0 Å². The molecule has 0 rings (SSSR count). The molecule has 4 N–H and O–H groups in total. The van der Waals surface area contributed by atoms with Crippen LogP contribution in [0.2, 0.25) is 0 Å². The van der Waals surface area contributed by atoms with Crippen molar-refractivity contribution in [3.63, 3.8) is 0 Å². The van der Waals surface area contributed by atoms with Gasteiger partial charge in [0.05, 0.1) is 13.5 Å². The summed E-state index contributed by atoms with van der Waals surface area (Å²) in [5.41, 5.74) is 0. The van der Waals surface area contributed by atoms with E-state index in [-0.39, 0.29) is 18.2 Å². The Morgan fingerprint density at radius 2 is 1.50 bits per heavy atom. The lowest BCUT2D eigenvalue weighted by molar-refractivity contribution is -0.145. The molecule has 2 amide bonds. The zero-order valence-electron chi connectivity index (χ0n) is 19.8. The minimum atomic E-state index is -0.624. The van der Waals surface area contributed by atoms with E-state index in [1.54, 1.807) is 0 Å². The Morgan fingerprint density at radius 1 is 0.833 bits per heavy atom. The summed E-state index contributed by atoms with van der Waals surface area (Å²) in [6.45, 7) is 13.9. The highest BCUT2D eigenvalue weighted by Gasteiger charge is 2.22. The van der Waals surface area contributed by atoms with Crippen molar-refractivity contribution in [1.82, 2.24) is 21.3 Å². The van der Waals surface area contributed by atoms with Crippen molar-refractivity contribution in [1.29, 1.82) is 0 Å². The third-order valence-corrected chi connectivity index (χ3v) is 4.57. The van der Waals surface area contributed by atoms with Crippen LogP contribution in [0.4, 0.5) is 0 Å². The Hall–Kier alpha value is -1.67. The molecule has 0 radical (unpaired) electrons. The molecule has 8 heteroatoms. The van der Waals surface area contributed by atoms with Gasteiger partial charge < -0.3 is 26.0 Å². The number of hydrogen-bond acceptors (Lipinski definition) is 6. The molecule has 0 bridgehead atoms. The van der Waals surface area contributed by atoms with Gasteiger partial charge in [-0.1, -0.05) is 34.6 Å². The van der Waals surface area contributed by atoms with E-state index < -0.39 is 12.0 Å². The Labute approximate surface area is 182 Å². The number of esters is 1. The van der Waals surface area contributed by atoms with E-state index in [4.69, 9.17) is 4.74 Å². The number of carbonyl (C=O) groups is 3. The molecule has 30 heavy (non-hydrogen) atoms. The second-order valence-electron chi connectivity index (χ2n) is 8.83. The normalized spacial score (nSPS) is 13.2. The van der Waals surface area contributed by atoms with Gasteiger partial charge in [0, 0.05) is 26.1 Å². The molecule has 0 aliphatic carbocycles. The second kappa shape index (κ2) is 17.1. The SMILES string of the molecule is COC(=O)C(CC(=O)NCCCC(C)CNC(=O)CCNCC(C)C)NCC(C)C. The molecule has 0 heterocycles. The first-order valence-electron chi connectivity index (χ1n) is 11.2. The topological polar surface area (TPSA) is 109 Å². The molecule has 0 saturated carbocycles. The van der Waals surface area contributed by atoms with E-state index >= 15 is 0 Å². The van der Waals surface area contributed by atoms with Crippen molar-refractivity contribution in [2.24, 2.45) is 17.8 Å². The van der Waals surface area contributed by atoms with Gasteiger partial charge in [-0.15, -0.1) is 0 Å². The number of nitrogens with one attached hydrogen (secondary N) is 4. The highest BCUT2D eigenvalue weighted by atomic mass is 16.5. The molecule has 0 fully saturated rings. The van der Waals surface area contributed by atoms with Gasteiger partial charge in [-0.25, -0.2) is 0 Å². The molecule has 2 atom stereocenters. The smallest absolute Gasteiger partial charge is 0.323 e. The molecule has 2 unspecified atom stereocenters. The standard InChI is InChI=1S/C22H44N4O4/c1-16(2)13-23-11-9-20(27)26-15-18(5)8-7-10-24-21(28)12-19(22(29)30-6)25-14-17(3)4/h16-19,23,25H,7-15H2,1-6H3,(H,24,28)(H,26,27). The van der Waals surface area contributed by atoms with Crippen LogP contribution in [0.15, 0.2) is 0 Å². The van der Waals surface area contributed by atoms with Crippen molar-refractivity contribution in [2.45, 2.75) is 66.3 Å². The van der Waals surface area contributed by atoms with Crippen LogP contribution >= 0.6 is 0 Å². The second-order valence-corrected chi connectivity index (χ2v) is 8.83. The molecule has 0 saturated heterocycles. The molecule has 0 aliphatic rings. The fourth-order valence-electron chi connectivity index (χ4n) is 2.77. The summed E-state index contributed by atoms with van der Waals surface area (Å²) in [6, 6.07) is -0.624. The Balaban J connectivity index is 3.93. The van der Waals surface area contributed by atoms with Gasteiger partial charge in [-0.3, -0.25) is 14.4 Å². The van der Waals surface area contributed by atoms with E-state index in [0.717, 1.165) is 19.4 Å². The largest absolute Gasteiger partial charge is 0.468 e. The highest BCUT2D eigenvalue weighted by molar-refractivity contribution is 5.85. The summed E-state index contributed by atoms with van der Waals surface area (Å²) in [7, 11) is 1.33. The van der Waals surface area contributed by atoms with E-state index in [1.807, 2.05) is 13.8 Å². The summed E-state index contributed by atoms with van der Waals surface area (Å²) in [4.78, 5) is 35.8. The van der Waals surface area contributed by atoms with E-state index in [0.29, 0.717) is 50.4 Å². The van der Waals surface area contributed by atoms with Crippen LogP contribution < -0.4 is 21.3 Å². The van der Waals surface area contributed by atoms with Crippen LogP contribution in [-0.2, 0) is 19.1 Å². The Kier molecular flexibility index (Phi) is 16.1. The quantitative estimate of drug-likeness (QED) is 0.206. The minimum Gasteiger partial charge on any atom is -0.468 e. The molecule has 0 aliphatic heterocycles. The molecule has 176 valence electrons. The van der Waals surface area contributed by atoms with Crippen LogP contribution in [0.25, 0.3) is 0 Å². The van der Waals surface area contributed by atoms with Gasteiger partial charge >= 0.3 is 5.97 Å². The molecule has 0 aromatic heterocycles. The lowest BCUT2D eigenvalue weighted by Gasteiger charge is -2.18. The average molecular weight is 429 g/mol. The number of hydrogen-bond donors (Lipinski definition) is 4. The molecule has 0 aromatic carbocycles. The summed E-state index contributed by atoms with van der Waals surface area (Å²) < 4.78 is 4.77. The zero-order valence-corrected chi connectivity index (χ0v) is 19.8. The minimum absolute atomic E-state index is 0.0640.